The van der Waals surface area contributed by atoms with Crippen molar-refractivity contribution in [3.05, 3.63) is 24.3 Å². The van der Waals surface area contributed by atoms with Crippen LogP contribution in [0.15, 0.2) is 29.3 Å². The number of carbonyl (C=O) groups excluding carboxylic acids is 2. The van der Waals surface area contributed by atoms with Gasteiger partial charge >= 0.3 is 0 Å². The minimum absolute atomic E-state index is 0.00755. The smallest absolute Gasteiger partial charge is 0.229 e. The number of rotatable bonds is 7. The summed E-state index contributed by atoms with van der Waals surface area (Å²) >= 11 is 0. The van der Waals surface area contributed by atoms with Crippen molar-refractivity contribution in [1.82, 2.24) is 10.2 Å². The Balaban J connectivity index is 1.13. The molecular formula is C22H29N3O3. The van der Waals surface area contributed by atoms with Gasteiger partial charge in [-0.1, -0.05) is 25.0 Å². The second kappa shape index (κ2) is 8.43. The van der Waals surface area contributed by atoms with Crippen LogP contribution in [0.3, 0.4) is 0 Å². The van der Waals surface area contributed by atoms with Crippen LogP contribution in [-0.2, 0) is 9.59 Å². The standard InChI is InChI=1S/C22H29N3O3/c26-20-13-22(9-3-4-10-22)14-21(27)25(20)12-6-5-11-23-15-17-16-24-18-7-1-2-8-19(18)28-17/h1-2,7-8,16-17,23H,3-6,9-15H2. The molecule has 2 fully saturated rings. The van der Waals surface area contributed by atoms with Crippen LogP contribution in [0.5, 0.6) is 5.75 Å². The number of ether oxygens (including phenoxy) is 1. The third-order valence-corrected chi connectivity index (χ3v) is 6.17. The van der Waals surface area contributed by atoms with E-state index >= 15 is 0 Å². The Kier molecular flexibility index (Phi) is 5.76. The van der Waals surface area contributed by atoms with Crippen LogP contribution in [-0.4, -0.2) is 48.7 Å². The summed E-state index contributed by atoms with van der Waals surface area (Å²) in [5.74, 6) is 0.896. The van der Waals surface area contributed by atoms with Crippen molar-refractivity contribution >= 4 is 23.7 Å². The van der Waals surface area contributed by atoms with E-state index in [-0.39, 0.29) is 23.3 Å². The molecule has 0 radical (unpaired) electrons. The van der Waals surface area contributed by atoms with E-state index in [0.29, 0.717) is 25.9 Å². The molecule has 6 heteroatoms. The number of piperidine rings is 1. The average Bonchev–Trinajstić information content (AvgIpc) is 3.13. The van der Waals surface area contributed by atoms with E-state index in [4.69, 9.17) is 4.74 Å². The highest BCUT2D eigenvalue weighted by atomic mass is 16.5. The summed E-state index contributed by atoms with van der Waals surface area (Å²) in [6.07, 6.45) is 9.05. The van der Waals surface area contributed by atoms with Crippen LogP contribution in [0.1, 0.15) is 51.4 Å². The highest BCUT2D eigenvalue weighted by molar-refractivity contribution is 5.98. The number of likely N-dealkylation sites (tertiary alicyclic amines) is 1. The van der Waals surface area contributed by atoms with Crippen molar-refractivity contribution in [2.24, 2.45) is 10.4 Å². The molecule has 28 heavy (non-hydrogen) atoms. The monoisotopic (exact) mass is 383 g/mol. The van der Waals surface area contributed by atoms with Gasteiger partial charge < -0.3 is 10.1 Å². The van der Waals surface area contributed by atoms with E-state index < -0.39 is 0 Å². The molecule has 1 aliphatic carbocycles. The lowest BCUT2D eigenvalue weighted by Crippen LogP contribution is -2.47. The van der Waals surface area contributed by atoms with Crippen LogP contribution >= 0.6 is 0 Å². The number of unbranched alkanes of at least 4 members (excludes halogenated alkanes) is 1. The van der Waals surface area contributed by atoms with Crippen molar-refractivity contribution in [2.45, 2.75) is 57.5 Å². The molecule has 0 bridgehead atoms. The van der Waals surface area contributed by atoms with Crippen LogP contribution in [0, 0.1) is 5.41 Å². The van der Waals surface area contributed by atoms with Gasteiger partial charge in [-0.15, -0.1) is 0 Å². The first-order chi connectivity index (χ1) is 13.7. The molecule has 1 N–H and O–H groups in total. The topological polar surface area (TPSA) is 71.0 Å². The average molecular weight is 383 g/mol. The molecule has 1 saturated heterocycles. The van der Waals surface area contributed by atoms with Crippen LogP contribution in [0.2, 0.25) is 0 Å². The van der Waals surface area contributed by atoms with Crippen molar-refractivity contribution in [1.29, 1.82) is 0 Å². The molecular weight excluding hydrogens is 354 g/mol. The third-order valence-electron chi connectivity index (χ3n) is 6.17. The second-order valence-corrected chi connectivity index (χ2v) is 8.31. The van der Waals surface area contributed by atoms with Gasteiger partial charge in [0, 0.05) is 32.1 Å². The maximum Gasteiger partial charge on any atom is 0.229 e. The summed E-state index contributed by atoms with van der Waals surface area (Å²) in [5, 5.41) is 3.38. The predicted octanol–water partition coefficient (Wildman–Crippen LogP) is 3.23. The summed E-state index contributed by atoms with van der Waals surface area (Å²) in [4.78, 5) is 30.8. The van der Waals surface area contributed by atoms with Crippen LogP contribution in [0.25, 0.3) is 0 Å². The number of nitrogens with zero attached hydrogens (tertiary/aromatic N) is 2. The van der Waals surface area contributed by atoms with Gasteiger partial charge in [0.15, 0.2) is 0 Å². The lowest BCUT2D eigenvalue weighted by atomic mass is 9.76. The van der Waals surface area contributed by atoms with Crippen molar-refractivity contribution in [2.75, 3.05) is 19.6 Å². The molecule has 0 aromatic heterocycles. The lowest BCUT2D eigenvalue weighted by Gasteiger charge is -2.37. The molecule has 1 aromatic carbocycles. The third kappa shape index (κ3) is 4.27. The zero-order valence-electron chi connectivity index (χ0n) is 16.4. The molecule has 6 nitrogen and oxygen atoms in total. The van der Waals surface area contributed by atoms with E-state index in [0.717, 1.165) is 56.5 Å². The normalized spacial score (nSPS) is 23.1. The highest BCUT2D eigenvalue weighted by Gasteiger charge is 2.44. The first-order valence-corrected chi connectivity index (χ1v) is 10.5. The first-order valence-electron chi connectivity index (χ1n) is 10.5. The summed E-state index contributed by atoms with van der Waals surface area (Å²) in [6.45, 7) is 2.07. The molecule has 1 saturated carbocycles. The second-order valence-electron chi connectivity index (χ2n) is 8.31. The number of benzene rings is 1. The summed E-state index contributed by atoms with van der Waals surface area (Å²) in [5.41, 5.74) is 0.862. The zero-order valence-corrected chi connectivity index (χ0v) is 16.4. The molecule has 1 spiro atoms. The lowest BCUT2D eigenvalue weighted by molar-refractivity contribution is -0.153. The highest BCUT2D eigenvalue weighted by Crippen LogP contribution is 2.46. The van der Waals surface area contributed by atoms with Gasteiger partial charge in [-0.05, 0) is 49.8 Å². The molecule has 150 valence electrons. The number of hydrogen-bond donors (Lipinski definition) is 1. The molecule has 2 amide bonds. The minimum atomic E-state index is -0.0669. The van der Waals surface area contributed by atoms with Crippen molar-refractivity contribution in [3.63, 3.8) is 0 Å². The zero-order chi connectivity index (χ0) is 19.4. The predicted molar refractivity (Wildman–Crippen MR) is 108 cm³/mol. The van der Waals surface area contributed by atoms with Gasteiger partial charge in [-0.3, -0.25) is 19.5 Å². The van der Waals surface area contributed by atoms with E-state index in [9.17, 15) is 9.59 Å². The maximum atomic E-state index is 12.5. The van der Waals surface area contributed by atoms with Gasteiger partial charge in [0.1, 0.15) is 17.5 Å². The molecule has 2 aliphatic heterocycles. The SMILES string of the molecule is O=C1CC2(CCCC2)CC(=O)N1CCCCNCC1C=Nc2ccccc2O1. The van der Waals surface area contributed by atoms with Gasteiger partial charge in [0.2, 0.25) is 11.8 Å². The minimum Gasteiger partial charge on any atom is -0.481 e. The maximum absolute atomic E-state index is 12.5. The Labute approximate surface area is 166 Å². The van der Waals surface area contributed by atoms with Gasteiger partial charge in [0.05, 0.1) is 0 Å². The number of carbonyl (C=O) groups is 2. The van der Waals surface area contributed by atoms with E-state index in [1.54, 1.807) is 0 Å². The molecule has 3 aliphatic rings. The number of nitrogens with one attached hydrogen (secondary N) is 1. The van der Waals surface area contributed by atoms with E-state index in [1.165, 1.54) is 4.90 Å². The van der Waals surface area contributed by atoms with Crippen molar-refractivity contribution < 1.29 is 14.3 Å². The van der Waals surface area contributed by atoms with Crippen molar-refractivity contribution in [3.8, 4) is 5.75 Å². The summed E-state index contributed by atoms with van der Waals surface area (Å²) in [7, 11) is 0. The molecule has 1 unspecified atom stereocenters. The van der Waals surface area contributed by atoms with E-state index in [1.807, 2.05) is 30.5 Å². The fourth-order valence-corrected chi connectivity index (χ4v) is 4.64. The number of imide groups is 1. The fourth-order valence-electron chi connectivity index (χ4n) is 4.64. The number of para-hydroxylation sites is 2. The molecule has 1 atom stereocenters. The Morgan fingerprint density at radius 1 is 1.11 bits per heavy atom. The number of amides is 2. The van der Waals surface area contributed by atoms with Gasteiger partial charge in [-0.2, -0.15) is 0 Å². The quantitative estimate of drug-likeness (QED) is 0.580. The fraction of sp³-hybridized carbons (Fsp3) is 0.591. The molecule has 4 rings (SSSR count). The van der Waals surface area contributed by atoms with Gasteiger partial charge in [-0.25, -0.2) is 0 Å². The Bertz CT molecular complexity index is 735. The van der Waals surface area contributed by atoms with Crippen LogP contribution in [0.4, 0.5) is 5.69 Å². The number of fused-ring (bicyclic) bond motifs is 1. The van der Waals surface area contributed by atoms with Crippen LogP contribution < -0.4 is 10.1 Å². The van der Waals surface area contributed by atoms with Gasteiger partial charge in [0.25, 0.3) is 0 Å². The molecule has 2 heterocycles. The Morgan fingerprint density at radius 3 is 2.64 bits per heavy atom. The number of aliphatic imine (C=N–C) groups is 1. The largest absolute Gasteiger partial charge is 0.481 e. The summed E-state index contributed by atoms with van der Waals surface area (Å²) in [6, 6.07) is 7.76. The first kappa shape index (κ1) is 19.1. The Hall–Kier alpha value is -2.21. The van der Waals surface area contributed by atoms with E-state index in [2.05, 4.69) is 10.3 Å². The number of hydrogen-bond acceptors (Lipinski definition) is 5. The summed E-state index contributed by atoms with van der Waals surface area (Å²) < 4.78 is 5.90. The Morgan fingerprint density at radius 2 is 1.86 bits per heavy atom. The molecule has 1 aromatic rings.